The van der Waals surface area contributed by atoms with Gasteiger partial charge in [0.15, 0.2) is 0 Å². The largest absolute Gasteiger partial charge is 0.493 e. The monoisotopic (exact) mass is 512 g/mol. The quantitative estimate of drug-likeness (QED) is 0.507. The molecule has 0 bridgehead atoms. The summed E-state index contributed by atoms with van der Waals surface area (Å²) in [4.78, 5) is 16.9. The topological polar surface area (TPSA) is 53.0 Å². The molecule has 1 aliphatic carbocycles. The molecule has 7 heteroatoms. The molecule has 1 unspecified atom stereocenters. The third kappa shape index (κ3) is 5.83. The van der Waals surface area contributed by atoms with Crippen LogP contribution in [-0.4, -0.2) is 66.2 Å². The lowest BCUT2D eigenvalue weighted by Crippen LogP contribution is -2.44. The number of benzene rings is 2. The van der Waals surface area contributed by atoms with Crippen LogP contribution >= 0.6 is 0 Å². The lowest BCUT2D eigenvalue weighted by Gasteiger charge is -2.44. The number of aliphatic hydroxyl groups excluding tert-OH is 1. The summed E-state index contributed by atoms with van der Waals surface area (Å²) in [5, 5.41) is 9.48. The number of likely N-dealkylation sites (tertiary alicyclic amines) is 2. The summed E-state index contributed by atoms with van der Waals surface area (Å²) in [5.74, 6) is -0.618. The highest BCUT2D eigenvalue weighted by atomic mass is 19.1. The SMILES string of the molecule is CC1(CN2CCC(COc3ccc(-c4ccc(C(=O)N5CCCC5CO)cc4F)c(F)c3)CC2)CCC1. The smallest absolute Gasteiger partial charge is 0.254 e. The van der Waals surface area contributed by atoms with E-state index in [9.17, 15) is 18.7 Å². The molecule has 2 aromatic carbocycles. The Hall–Kier alpha value is -2.51. The summed E-state index contributed by atoms with van der Waals surface area (Å²) < 4.78 is 35.9. The predicted molar refractivity (Wildman–Crippen MR) is 140 cm³/mol. The van der Waals surface area contributed by atoms with Crippen molar-refractivity contribution in [2.24, 2.45) is 11.3 Å². The zero-order chi connectivity index (χ0) is 26.0. The first kappa shape index (κ1) is 26.1. The molecule has 0 aromatic heterocycles. The maximum Gasteiger partial charge on any atom is 0.254 e. The number of halogens is 2. The molecular formula is C30H38F2N2O3. The molecule has 0 spiro atoms. The number of rotatable bonds is 8. The molecule has 2 aliphatic heterocycles. The van der Waals surface area contributed by atoms with Crippen LogP contribution < -0.4 is 4.74 Å². The average molecular weight is 513 g/mol. The van der Waals surface area contributed by atoms with Crippen molar-refractivity contribution >= 4 is 5.91 Å². The molecule has 0 radical (unpaired) electrons. The van der Waals surface area contributed by atoms with Gasteiger partial charge in [-0.1, -0.05) is 19.4 Å². The molecule has 3 aliphatic rings. The number of amides is 1. The van der Waals surface area contributed by atoms with Gasteiger partial charge in [0.05, 0.1) is 19.3 Å². The van der Waals surface area contributed by atoms with E-state index in [-0.39, 0.29) is 35.2 Å². The average Bonchev–Trinajstić information content (AvgIpc) is 3.36. The fourth-order valence-corrected chi connectivity index (χ4v) is 6.13. The minimum atomic E-state index is -0.652. The predicted octanol–water partition coefficient (Wildman–Crippen LogP) is 5.51. The fourth-order valence-electron chi connectivity index (χ4n) is 6.13. The van der Waals surface area contributed by atoms with Gasteiger partial charge in [0.25, 0.3) is 5.91 Å². The van der Waals surface area contributed by atoms with Crippen LogP contribution in [0.4, 0.5) is 8.78 Å². The minimum absolute atomic E-state index is 0.105. The Labute approximate surface area is 218 Å². The van der Waals surface area contributed by atoms with E-state index in [1.54, 1.807) is 11.0 Å². The van der Waals surface area contributed by atoms with E-state index in [1.807, 2.05) is 0 Å². The normalized spacial score (nSPS) is 22.2. The van der Waals surface area contributed by atoms with Gasteiger partial charge in [0, 0.05) is 35.8 Å². The molecule has 200 valence electrons. The van der Waals surface area contributed by atoms with Crippen LogP contribution in [0.15, 0.2) is 36.4 Å². The molecular weight excluding hydrogens is 474 g/mol. The highest BCUT2D eigenvalue weighted by molar-refractivity contribution is 5.95. The Bertz CT molecular complexity index is 1110. The number of carbonyl (C=O) groups is 1. The number of ether oxygens (including phenoxy) is 1. The molecule has 2 aromatic rings. The van der Waals surface area contributed by atoms with Crippen LogP contribution in [-0.2, 0) is 0 Å². The zero-order valence-corrected chi connectivity index (χ0v) is 21.7. The summed E-state index contributed by atoms with van der Waals surface area (Å²) in [7, 11) is 0. The van der Waals surface area contributed by atoms with Gasteiger partial charge in [-0.2, -0.15) is 0 Å². The third-order valence-corrected chi connectivity index (χ3v) is 8.65. The van der Waals surface area contributed by atoms with Crippen molar-refractivity contribution in [1.82, 2.24) is 9.80 Å². The van der Waals surface area contributed by atoms with Crippen molar-refractivity contribution in [2.75, 3.05) is 39.4 Å². The van der Waals surface area contributed by atoms with Crippen molar-refractivity contribution in [1.29, 1.82) is 0 Å². The highest BCUT2D eigenvalue weighted by Crippen LogP contribution is 2.41. The van der Waals surface area contributed by atoms with E-state index < -0.39 is 11.6 Å². The number of piperidine rings is 1. The molecule has 1 amide bonds. The van der Waals surface area contributed by atoms with Gasteiger partial charge in [-0.3, -0.25) is 4.79 Å². The molecule has 2 heterocycles. The minimum Gasteiger partial charge on any atom is -0.493 e. The number of hydrogen-bond donors (Lipinski definition) is 1. The number of nitrogens with zero attached hydrogens (tertiary/aromatic N) is 2. The number of carbonyl (C=O) groups excluding carboxylic acids is 1. The molecule has 5 rings (SSSR count). The van der Waals surface area contributed by atoms with Gasteiger partial charge in [-0.05, 0) is 87.2 Å². The first-order valence-electron chi connectivity index (χ1n) is 13.7. The summed E-state index contributed by atoms with van der Waals surface area (Å²) in [5.41, 5.74) is 0.952. The van der Waals surface area contributed by atoms with Crippen molar-refractivity contribution in [3.05, 3.63) is 53.6 Å². The molecule has 5 nitrogen and oxygen atoms in total. The summed E-state index contributed by atoms with van der Waals surface area (Å²) in [6.45, 7) is 6.76. The Morgan fingerprint density at radius 2 is 1.70 bits per heavy atom. The molecule has 1 N–H and O–H groups in total. The van der Waals surface area contributed by atoms with Crippen molar-refractivity contribution < 1.29 is 23.4 Å². The molecule has 1 atom stereocenters. The van der Waals surface area contributed by atoms with Crippen LogP contribution in [0, 0.1) is 23.0 Å². The maximum atomic E-state index is 15.0. The number of aliphatic hydroxyl groups is 1. The third-order valence-electron chi connectivity index (χ3n) is 8.65. The van der Waals surface area contributed by atoms with Gasteiger partial charge >= 0.3 is 0 Å². The molecule has 37 heavy (non-hydrogen) atoms. The van der Waals surface area contributed by atoms with Crippen LogP contribution in [0.3, 0.4) is 0 Å². The van der Waals surface area contributed by atoms with E-state index in [4.69, 9.17) is 4.74 Å². The van der Waals surface area contributed by atoms with Crippen molar-refractivity contribution in [2.45, 2.75) is 57.9 Å². The van der Waals surface area contributed by atoms with Crippen LogP contribution in [0.5, 0.6) is 5.75 Å². The van der Waals surface area contributed by atoms with Gasteiger partial charge in [-0.25, -0.2) is 8.78 Å². The van der Waals surface area contributed by atoms with E-state index in [2.05, 4.69) is 11.8 Å². The Morgan fingerprint density at radius 3 is 2.32 bits per heavy atom. The van der Waals surface area contributed by atoms with E-state index >= 15 is 0 Å². The van der Waals surface area contributed by atoms with Crippen LogP contribution in [0.1, 0.15) is 62.2 Å². The van der Waals surface area contributed by atoms with Gasteiger partial charge < -0.3 is 19.6 Å². The molecule has 1 saturated carbocycles. The first-order chi connectivity index (χ1) is 17.8. The Kier molecular flexibility index (Phi) is 7.82. The number of hydrogen-bond acceptors (Lipinski definition) is 4. The lowest BCUT2D eigenvalue weighted by molar-refractivity contribution is 0.0564. The van der Waals surface area contributed by atoms with Crippen LogP contribution in [0.2, 0.25) is 0 Å². The van der Waals surface area contributed by atoms with Gasteiger partial charge in [0.2, 0.25) is 0 Å². The second-order valence-corrected chi connectivity index (χ2v) is 11.5. The fraction of sp³-hybridized carbons (Fsp3) is 0.567. The summed E-state index contributed by atoms with van der Waals surface area (Å²) in [6, 6.07) is 8.43. The van der Waals surface area contributed by atoms with Crippen molar-refractivity contribution in [3.63, 3.8) is 0 Å². The Morgan fingerprint density at radius 1 is 1.00 bits per heavy atom. The van der Waals surface area contributed by atoms with Crippen LogP contribution in [0.25, 0.3) is 11.1 Å². The zero-order valence-electron chi connectivity index (χ0n) is 21.7. The Balaban J connectivity index is 1.17. The van der Waals surface area contributed by atoms with Gasteiger partial charge in [-0.15, -0.1) is 0 Å². The van der Waals surface area contributed by atoms with Crippen molar-refractivity contribution in [3.8, 4) is 16.9 Å². The molecule has 3 fully saturated rings. The van der Waals surface area contributed by atoms with Gasteiger partial charge in [0.1, 0.15) is 17.4 Å². The summed E-state index contributed by atoms with van der Waals surface area (Å²) >= 11 is 0. The lowest BCUT2D eigenvalue weighted by atomic mass is 9.70. The highest BCUT2D eigenvalue weighted by Gasteiger charge is 2.34. The second-order valence-electron chi connectivity index (χ2n) is 11.5. The van der Waals surface area contributed by atoms with E-state index in [1.165, 1.54) is 50.1 Å². The van der Waals surface area contributed by atoms with E-state index in [0.717, 1.165) is 44.8 Å². The molecule has 2 saturated heterocycles. The standard InChI is InChI=1S/C30H38F2N2O3/c1-30(11-3-12-30)20-33-14-9-21(10-15-33)19-37-24-6-8-26(28(32)17-24)25-7-5-22(16-27(25)31)29(36)34-13-2-4-23(34)18-35/h5-8,16-17,21,23,35H,2-4,9-15,18-20H2,1H3. The van der Waals surface area contributed by atoms with E-state index in [0.29, 0.717) is 30.2 Å². The maximum absolute atomic E-state index is 15.0. The second kappa shape index (κ2) is 11.1. The summed E-state index contributed by atoms with van der Waals surface area (Å²) in [6.07, 6.45) is 7.77. The first-order valence-corrected chi connectivity index (χ1v) is 13.7.